The summed E-state index contributed by atoms with van der Waals surface area (Å²) in [6, 6.07) is 8.23. The van der Waals surface area contributed by atoms with Crippen molar-refractivity contribution in [2.45, 2.75) is 26.4 Å². The number of hydrogen-bond acceptors (Lipinski definition) is 4. The summed E-state index contributed by atoms with van der Waals surface area (Å²) in [5.41, 5.74) is 4.12. The first kappa shape index (κ1) is 12.4. The van der Waals surface area contributed by atoms with Crippen molar-refractivity contribution >= 4 is 22.3 Å². The highest BCUT2D eigenvalue weighted by molar-refractivity contribution is 7.09. The first-order valence-corrected chi connectivity index (χ1v) is 7.34. The summed E-state index contributed by atoms with van der Waals surface area (Å²) in [5, 5.41) is 4.69. The van der Waals surface area contributed by atoms with E-state index in [1.807, 2.05) is 23.8 Å². The lowest BCUT2D eigenvalue weighted by molar-refractivity contribution is 0.544. The van der Waals surface area contributed by atoms with Gasteiger partial charge in [-0.15, -0.1) is 11.3 Å². The predicted octanol–water partition coefficient (Wildman–Crippen LogP) is 3.74. The maximum atomic E-state index is 5.89. The van der Waals surface area contributed by atoms with E-state index in [-0.39, 0.29) is 0 Å². The van der Waals surface area contributed by atoms with E-state index in [4.69, 9.17) is 4.42 Å². The minimum Gasteiger partial charge on any atom is -0.461 e. The van der Waals surface area contributed by atoms with E-state index in [0.29, 0.717) is 0 Å². The topological polar surface area (TPSA) is 38.1 Å². The van der Waals surface area contributed by atoms with Gasteiger partial charge in [-0.25, -0.2) is 0 Å². The standard InChI is InChI=1S/C15H16N2OS/c1-2-14-13(9-16-7-11-8-17-10-19-11)12-5-3-4-6-15(12)18-14/h3-6,8,10,16H,2,7,9H2,1H3. The third-order valence-electron chi connectivity index (χ3n) is 3.19. The Morgan fingerprint density at radius 2 is 2.16 bits per heavy atom. The smallest absolute Gasteiger partial charge is 0.134 e. The predicted molar refractivity (Wildman–Crippen MR) is 78.2 cm³/mol. The average molecular weight is 272 g/mol. The third kappa shape index (κ3) is 2.55. The lowest BCUT2D eigenvalue weighted by Gasteiger charge is -2.03. The van der Waals surface area contributed by atoms with Crippen LogP contribution in [0.15, 0.2) is 40.4 Å². The Balaban J connectivity index is 1.79. The molecule has 4 heteroatoms. The van der Waals surface area contributed by atoms with Crippen LogP contribution in [0.3, 0.4) is 0 Å². The molecule has 0 atom stereocenters. The van der Waals surface area contributed by atoms with Crippen LogP contribution < -0.4 is 5.32 Å². The maximum Gasteiger partial charge on any atom is 0.134 e. The summed E-state index contributed by atoms with van der Waals surface area (Å²) in [6.45, 7) is 3.82. The molecule has 0 spiro atoms. The van der Waals surface area contributed by atoms with Gasteiger partial charge in [-0.3, -0.25) is 4.98 Å². The van der Waals surface area contributed by atoms with Crippen molar-refractivity contribution in [2.75, 3.05) is 0 Å². The quantitative estimate of drug-likeness (QED) is 0.769. The van der Waals surface area contributed by atoms with Crippen LogP contribution in [-0.2, 0) is 19.5 Å². The highest BCUT2D eigenvalue weighted by atomic mass is 32.1. The molecule has 3 aromatic rings. The molecule has 0 unspecified atom stereocenters. The minimum atomic E-state index is 0.831. The molecule has 0 amide bonds. The molecule has 0 fully saturated rings. The Bertz CT molecular complexity index is 658. The molecule has 19 heavy (non-hydrogen) atoms. The van der Waals surface area contributed by atoms with Crippen LogP contribution in [0.25, 0.3) is 11.0 Å². The van der Waals surface area contributed by atoms with Gasteiger partial charge in [-0.05, 0) is 6.07 Å². The number of nitrogens with one attached hydrogen (secondary N) is 1. The van der Waals surface area contributed by atoms with Crippen LogP contribution in [0.5, 0.6) is 0 Å². The van der Waals surface area contributed by atoms with Gasteiger partial charge in [0.05, 0.1) is 5.51 Å². The number of thiazole rings is 1. The molecule has 1 N–H and O–H groups in total. The number of furan rings is 1. The van der Waals surface area contributed by atoms with Crippen LogP contribution in [0.2, 0.25) is 0 Å². The van der Waals surface area contributed by atoms with E-state index in [1.54, 1.807) is 11.3 Å². The molecule has 0 aliphatic rings. The number of aryl methyl sites for hydroxylation is 1. The molecule has 1 aromatic carbocycles. The number of para-hydroxylation sites is 1. The van der Waals surface area contributed by atoms with Crippen molar-refractivity contribution in [1.29, 1.82) is 0 Å². The summed E-state index contributed by atoms with van der Waals surface area (Å²) in [7, 11) is 0. The largest absolute Gasteiger partial charge is 0.461 e. The van der Waals surface area contributed by atoms with Crippen molar-refractivity contribution in [3.8, 4) is 0 Å². The van der Waals surface area contributed by atoms with Crippen LogP contribution in [0.4, 0.5) is 0 Å². The van der Waals surface area contributed by atoms with Crippen molar-refractivity contribution in [3.63, 3.8) is 0 Å². The molecule has 2 heterocycles. The minimum absolute atomic E-state index is 0.831. The SMILES string of the molecule is CCc1oc2ccccc2c1CNCc1cncs1. The highest BCUT2D eigenvalue weighted by Crippen LogP contribution is 2.26. The first-order chi connectivity index (χ1) is 9.38. The van der Waals surface area contributed by atoms with Gasteiger partial charge < -0.3 is 9.73 Å². The van der Waals surface area contributed by atoms with Crippen molar-refractivity contribution in [3.05, 3.63) is 52.2 Å². The summed E-state index contributed by atoms with van der Waals surface area (Å²) < 4.78 is 5.89. The Morgan fingerprint density at radius 3 is 2.95 bits per heavy atom. The second kappa shape index (κ2) is 5.55. The van der Waals surface area contributed by atoms with Gasteiger partial charge in [-0.2, -0.15) is 0 Å². The molecule has 0 bridgehead atoms. The van der Waals surface area contributed by atoms with Crippen LogP contribution in [0, 0.1) is 0 Å². The summed E-state index contributed by atoms with van der Waals surface area (Å²) in [4.78, 5) is 5.34. The zero-order chi connectivity index (χ0) is 13.1. The van der Waals surface area contributed by atoms with Crippen molar-refractivity contribution in [1.82, 2.24) is 10.3 Å². The number of rotatable bonds is 5. The summed E-state index contributed by atoms with van der Waals surface area (Å²) >= 11 is 1.68. The van der Waals surface area contributed by atoms with E-state index >= 15 is 0 Å². The van der Waals surface area contributed by atoms with E-state index in [2.05, 4.69) is 29.4 Å². The molecule has 2 aromatic heterocycles. The van der Waals surface area contributed by atoms with Gasteiger partial charge in [0, 0.05) is 41.5 Å². The van der Waals surface area contributed by atoms with E-state index in [0.717, 1.165) is 30.9 Å². The molecule has 0 saturated carbocycles. The van der Waals surface area contributed by atoms with Crippen molar-refractivity contribution < 1.29 is 4.42 Å². The Kier molecular flexibility index (Phi) is 3.62. The van der Waals surface area contributed by atoms with Gasteiger partial charge in [0.2, 0.25) is 0 Å². The Hall–Kier alpha value is -1.65. The molecular formula is C15H16N2OS. The molecule has 0 radical (unpaired) electrons. The number of benzene rings is 1. The average Bonchev–Trinajstić information content (AvgIpc) is 3.06. The molecule has 98 valence electrons. The van der Waals surface area contributed by atoms with Gasteiger partial charge in [-0.1, -0.05) is 25.1 Å². The number of fused-ring (bicyclic) bond motifs is 1. The molecule has 3 rings (SSSR count). The van der Waals surface area contributed by atoms with Gasteiger partial charge in [0.15, 0.2) is 0 Å². The summed E-state index contributed by atoms with van der Waals surface area (Å²) in [6.07, 6.45) is 2.83. The number of aromatic nitrogens is 1. The molecular weight excluding hydrogens is 256 g/mol. The highest BCUT2D eigenvalue weighted by Gasteiger charge is 2.11. The van der Waals surface area contributed by atoms with Gasteiger partial charge >= 0.3 is 0 Å². The molecule has 0 aliphatic carbocycles. The fourth-order valence-corrected chi connectivity index (χ4v) is 2.83. The van der Waals surface area contributed by atoms with Crippen LogP contribution >= 0.6 is 11.3 Å². The molecule has 0 saturated heterocycles. The first-order valence-electron chi connectivity index (χ1n) is 6.46. The lowest BCUT2D eigenvalue weighted by Crippen LogP contribution is -2.12. The lowest BCUT2D eigenvalue weighted by atomic mass is 10.1. The third-order valence-corrected chi connectivity index (χ3v) is 3.97. The molecule has 0 aliphatic heterocycles. The van der Waals surface area contributed by atoms with Gasteiger partial charge in [0.1, 0.15) is 11.3 Å². The Morgan fingerprint density at radius 1 is 1.26 bits per heavy atom. The van der Waals surface area contributed by atoms with Crippen molar-refractivity contribution in [2.24, 2.45) is 0 Å². The number of hydrogen-bond donors (Lipinski definition) is 1. The molecule has 3 nitrogen and oxygen atoms in total. The second-order valence-electron chi connectivity index (χ2n) is 4.42. The maximum absolute atomic E-state index is 5.89. The van der Waals surface area contributed by atoms with Gasteiger partial charge in [0.25, 0.3) is 0 Å². The zero-order valence-electron chi connectivity index (χ0n) is 10.8. The van der Waals surface area contributed by atoms with E-state index in [9.17, 15) is 0 Å². The number of nitrogens with zero attached hydrogens (tertiary/aromatic N) is 1. The zero-order valence-corrected chi connectivity index (χ0v) is 11.7. The van der Waals surface area contributed by atoms with E-state index < -0.39 is 0 Å². The van der Waals surface area contributed by atoms with E-state index in [1.165, 1.54) is 15.8 Å². The fourth-order valence-electron chi connectivity index (χ4n) is 2.27. The van der Waals surface area contributed by atoms with Crippen LogP contribution in [-0.4, -0.2) is 4.98 Å². The second-order valence-corrected chi connectivity index (χ2v) is 5.40. The monoisotopic (exact) mass is 272 g/mol. The Labute approximate surface area is 116 Å². The normalized spacial score (nSPS) is 11.2. The fraction of sp³-hybridized carbons (Fsp3) is 0.267. The summed E-state index contributed by atoms with van der Waals surface area (Å²) in [5.74, 6) is 1.08. The van der Waals surface area contributed by atoms with Crippen LogP contribution in [0.1, 0.15) is 23.1 Å².